The van der Waals surface area contributed by atoms with Crippen LogP contribution in [0.15, 0.2) is 46.9 Å². The number of aromatic nitrogens is 2. The van der Waals surface area contributed by atoms with Crippen LogP contribution in [0.4, 0.5) is 11.8 Å². The van der Waals surface area contributed by atoms with Gasteiger partial charge < -0.3 is 15.5 Å². The molecule has 1 aliphatic rings. The lowest BCUT2D eigenvalue weighted by Crippen LogP contribution is -2.31. The fourth-order valence-corrected chi connectivity index (χ4v) is 4.64. The van der Waals surface area contributed by atoms with Gasteiger partial charge in [-0.15, -0.1) is 0 Å². The molecule has 0 unspecified atom stereocenters. The maximum atomic E-state index is 4.80. The maximum Gasteiger partial charge on any atom is 0.225 e. The number of fused-ring (bicyclic) bond motifs is 1. The predicted octanol–water partition coefficient (Wildman–Crippen LogP) is 5.53. The van der Waals surface area contributed by atoms with Crippen molar-refractivity contribution in [2.45, 2.75) is 45.2 Å². The third-order valence-corrected chi connectivity index (χ3v) is 7.06. The zero-order chi connectivity index (χ0) is 21.8. The number of rotatable bonds is 7. The first-order valence-electron chi connectivity index (χ1n) is 11.2. The maximum absolute atomic E-state index is 4.80. The van der Waals surface area contributed by atoms with Gasteiger partial charge >= 0.3 is 0 Å². The molecule has 1 heterocycles. The number of anilines is 2. The van der Waals surface area contributed by atoms with E-state index in [1.54, 1.807) is 0 Å². The molecule has 0 radical (unpaired) electrons. The molecule has 2 aromatic carbocycles. The van der Waals surface area contributed by atoms with Crippen LogP contribution in [-0.2, 0) is 6.54 Å². The molecule has 164 valence electrons. The van der Waals surface area contributed by atoms with Crippen LogP contribution in [0.5, 0.6) is 0 Å². The zero-order valence-corrected chi connectivity index (χ0v) is 20.2. The second-order valence-corrected chi connectivity index (χ2v) is 9.71. The summed E-state index contributed by atoms with van der Waals surface area (Å²) in [6.07, 6.45) is 4.80. The molecule has 6 heteroatoms. The van der Waals surface area contributed by atoms with Crippen molar-refractivity contribution in [3.8, 4) is 0 Å². The normalized spacial score (nSPS) is 18.8. The summed E-state index contributed by atoms with van der Waals surface area (Å²) in [6.45, 7) is 4.16. The van der Waals surface area contributed by atoms with Gasteiger partial charge in [-0.2, -0.15) is 4.98 Å². The summed E-state index contributed by atoms with van der Waals surface area (Å²) in [5.41, 5.74) is 3.63. The highest BCUT2D eigenvalue weighted by atomic mass is 79.9. The molecule has 0 amide bonds. The quantitative estimate of drug-likeness (QED) is 0.464. The Kier molecular flexibility index (Phi) is 7.08. The summed E-state index contributed by atoms with van der Waals surface area (Å²) in [4.78, 5) is 11.6. The topological polar surface area (TPSA) is 53.1 Å². The molecule has 1 aromatic heterocycles. The van der Waals surface area contributed by atoms with Gasteiger partial charge in [0.15, 0.2) is 0 Å². The fourth-order valence-electron chi connectivity index (χ4n) is 4.40. The Hall–Kier alpha value is -2.18. The zero-order valence-electron chi connectivity index (χ0n) is 18.7. The van der Waals surface area contributed by atoms with E-state index in [9.17, 15) is 0 Å². The van der Waals surface area contributed by atoms with Crippen LogP contribution in [-0.4, -0.2) is 36.6 Å². The van der Waals surface area contributed by atoms with Crippen molar-refractivity contribution in [1.82, 2.24) is 15.3 Å². The number of nitrogens with one attached hydrogen (secondary N) is 2. The van der Waals surface area contributed by atoms with Gasteiger partial charge in [-0.05, 0) is 74.4 Å². The Morgan fingerprint density at radius 2 is 1.81 bits per heavy atom. The van der Waals surface area contributed by atoms with Crippen molar-refractivity contribution >= 4 is 38.6 Å². The van der Waals surface area contributed by atoms with E-state index in [1.807, 2.05) is 26.2 Å². The average molecular weight is 482 g/mol. The molecule has 3 aromatic rings. The summed E-state index contributed by atoms with van der Waals surface area (Å²) in [7, 11) is 4.07. The van der Waals surface area contributed by atoms with E-state index >= 15 is 0 Å². The van der Waals surface area contributed by atoms with Gasteiger partial charge in [0.05, 0.1) is 5.52 Å². The summed E-state index contributed by atoms with van der Waals surface area (Å²) in [5, 5.41) is 8.36. The van der Waals surface area contributed by atoms with Crippen molar-refractivity contribution in [3.63, 3.8) is 0 Å². The van der Waals surface area contributed by atoms with E-state index in [0.717, 1.165) is 54.5 Å². The van der Waals surface area contributed by atoms with Crippen LogP contribution in [0.2, 0.25) is 0 Å². The van der Waals surface area contributed by atoms with Crippen molar-refractivity contribution in [3.05, 3.63) is 58.1 Å². The number of nitrogens with zero attached hydrogens (tertiary/aromatic N) is 3. The first-order valence-corrected chi connectivity index (χ1v) is 12.0. The lowest BCUT2D eigenvalue weighted by molar-refractivity contribution is 0.324. The predicted molar refractivity (Wildman–Crippen MR) is 134 cm³/mol. The molecular weight excluding hydrogens is 450 g/mol. The molecule has 5 nitrogen and oxygen atoms in total. The van der Waals surface area contributed by atoms with E-state index in [0.29, 0.717) is 6.04 Å². The first kappa shape index (κ1) is 22.0. The third-order valence-electron chi connectivity index (χ3n) is 6.17. The summed E-state index contributed by atoms with van der Waals surface area (Å²) in [6, 6.07) is 15.2. The Morgan fingerprint density at radius 3 is 2.55 bits per heavy atom. The van der Waals surface area contributed by atoms with Crippen LogP contribution in [0.3, 0.4) is 0 Å². The standard InChI is InChI=1S/C25H32BrN5/c1-17-14-19(10-13-22(17)26)16-27-15-18-8-11-20(12-9-18)28-25-29-23-7-5-4-6-21(23)24(30-25)31(2)3/h4-7,10,13-14,18,20,27H,8-9,11-12,15-16H2,1-3H3,(H,28,29,30). The number of hydrogen-bond acceptors (Lipinski definition) is 5. The largest absolute Gasteiger partial charge is 0.362 e. The summed E-state index contributed by atoms with van der Waals surface area (Å²) in [5.74, 6) is 2.45. The molecule has 0 spiro atoms. The summed E-state index contributed by atoms with van der Waals surface area (Å²) >= 11 is 3.57. The van der Waals surface area contributed by atoms with Gasteiger partial charge in [-0.3, -0.25) is 0 Å². The second-order valence-electron chi connectivity index (χ2n) is 8.86. The van der Waals surface area contributed by atoms with Crippen LogP contribution in [0.25, 0.3) is 10.9 Å². The lowest BCUT2D eigenvalue weighted by atomic mass is 9.86. The molecule has 2 N–H and O–H groups in total. The van der Waals surface area contributed by atoms with Gasteiger partial charge in [-0.25, -0.2) is 4.98 Å². The van der Waals surface area contributed by atoms with Crippen molar-refractivity contribution in [2.75, 3.05) is 30.9 Å². The van der Waals surface area contributed by atoms with Crippen molar-refractivity contribution < 1.29 is 0 Å². The highest BCUT2D eigenvalue weighted by molar-refractivity contribution is 9.10. The minimum atomic E-state index is 0.446. The van der Waals surface area contributed by atoms with Gasteiger partial charge in [0.25, 0.3) is 0 Å². The fraction of sp³-hybridized carbons (Fsp3) is 0.440. The number of halogens is 1. The van der Waals surface area contributed by atoms with E-state index in [1.165, 1.54) is 28.4 Å². The van der Waals surface area contributed by atoms with E-state index < -0.39 is 0 Å². The molecule has 31 heavy (non-hydrogen) atoms. The highest BCUT2D eigenvalue weighted by Crippen LogP contribution is 2.28. The molecule has 0 atom stereocenters. The molecule has 0 aliphatic heterocycles. The van der Waals surface area contributed by atoms with Gasteiger partial charge in [-0.1, -0.05) is 40.2 Å². The Morgan fingerprint density at radius 1 is 1.03 bits per heavy atom. The Bertz CT molecular complexity index is 1030. The van der Waals surface area contributed by atoms with Gasteiger partial charge in [0.1, 0.15) is 5.82 Å². The van der Waals surface area contributed by atoms with Crippen LogP contribution in [0.1, 0.15) is 36.8 Å². The first-order chi connectivity index (χ1) is 15.0. The number of aryl methyl sites for hydroxylation is 1. The van der Waals surface area contributed by atoms with E-state index in [2.05, 4.69) is 68.7 Å². The third kappa shape index (κ3) is 5.55. The van der Waals surface area contributed by atoms with Crippen molar-refractivity contribution in [2.24, 2.45) is 5.92 Å². The number of hydrogen-bond donors (Lipinski definition) is 2. The Labute approximate surface area is 193 Å². The minimum Gasteiger partial charge on any atom is -0.362 e. The molecular formula is C25H32BrN5. The van der Waals surface area contributed by atoms with Crippen LogP contribution < -0.4 is 15.5 Å². The van der Waals surface area contributed by atoms with E-state index in [4.69, 9.17) is 9.97 Å². The van der Waals surface area contributed by atoms with Crippen LogP contribution in [0, 0.1) is 12.8 Å². The monoisotopic (exact) mass is 481 g/mol. The molecule has 0 saturated heterocycles. The molecule has 1 saturated carbocycles. The smallest absolute Gasteiger partial charge is 0.225 e. The SMILES string of the molecule is Cc1cc(CNCC2CCC(Nc3nc(N(C)C)c4ccccc4n3)CC2)ccc1Br. The van der Waals surface area contributed by atoms with Crippen molar-refractivity contribution in [1.29, 1.82) is 0 Å². The van der Waals surface area contributed by atoms with Crippen LogP contribution >= 0.6 is 15.9 Å². The van der Waals surface area contributed by atoms with Gasteiger partial charge in [0, 0.05) is 36.5 Å². The average Bonchev–Trinajstić information content (AvgIpc) is 2.77. The number of para-hydroxylation sites is 1. The summed E-state index contributed by atoms with van der Waals surface area (Å²) < 4.78 is 1.18. The highest BCUT2D eigenvalue weighted by Gasteiger charge is 2.22. The van der Waals surface area contributed by atoms with E-state index in [-0.39, 0.29) is 0 Å². The molecule has 1 aliphatic carbocycles. The molecule has 0 bridgehead atoms. The second kappa shape index (κ2) is 9.96. The molecule has 1 fully saturated rings. The number of benzene rings is 2. The Balaban J connectivity index is 1.29. The molecule has 4 rings (SSSR count). The minimum absolute atomic E-state index is 0.446. The van der Waals surface area contributed by atoms with Gasteiger partial charge in [0.2, 0.25) is 5.95 Å². The lowest BCUT2D eigenvalue weighted by Gasteiger charge is -2.29.